The molecule has 9 heteroatoms. The van der Waals surface area contributed by atoms with E-state index in [1.54, 1.807) is 7.11 Å². The Labute approximate surface area is 160 Å². The third kappa shape index (κ3) is 5.41. The molecule has 27 heavy (non-hydrogen) atoms. The van der Waals surface area contributed by atoms with Gasteiger partial charge in [0.2, 0.25) is 5.91 Å². The standard InChI is InChI=1S/C18H31N7O2/c1-3-19-18(20-9-5-11-24-10-4-6-17(24)26)21-14-7-8-16-22-15(13-27-2)23-25(16)12-14/h14H,3-13H2,1-2H3,(H2,19,20,21). The van der Waals surface area contributed by atoms with E-state index in [2.05, 4.69) is 32.6 Å². The molecule has 1 fully saturated rings. The van der Waals surface area contributed by atoms with E-state index in [4.69, 9.17) is 4.74 Å². The molecule has 2 aliphatic rings. The Bertz CT molecular complexity index is 658. The number of hydrogen-bond donors (Lipinski definition) is 2. The SMILES string of the molecule is CCNC(=NCCCN1CCCC1=O)NC1CCc2nc(COC)nn2C1. The number of rotatable bonds is 8. The Hall–Kier alpha value is -2.16. The molecule has 2 N–H and O–H groups in total. The summed E-state index contributed by atoms with van der Waals surface area (Å²) in [4.78, 5) is 22.8. The fourth-order valence-electron chi connectivity index (χ4n) is 3.57. The number of aryl methyl sites for hydroxylation is 1. The van der Waals surface area contributed by atoms with Crippen LogP contribution in [-0.4, -0.2) is 70.9 Å². The fourth-order valence-corrected chi connectivity index (χ4v) is 3.57. The summed E-state index contributed by atoms with van der Waals surface area (Å²) in [5, 5.41) is 11.3. The molecule has 0 saturated carbocycles. The summed E-state index contributed by atoms with van der Waals surface area (Å²) in [6, 6.07) is 0.271. The van der Waals surface area contributed by atoms with Crippen LogP contribution in [0.5, 0.6) is 0 Å². The zero-order chi connectivity index (χ0) is 19.1. The topological polar surface area (TPSA) is 96.7 Å². The van der Waals surface area contributed by atoms with Crippen LogP contribution in [0.1, 0.15) is 44.3 Å². The lowest BCUT2D eigenvalue weighted by Crippen LogP contribution is -2.47. The van der Waals surface area contributed by atoms with Gasteiger partial charge in [-0.15, -0.1) is 0 Å². The van der Waals surface area contributed by atoms with Crippen molar-refractivity contribution in [2.45, 2.75) is 58.2 Å². The van der Waals surface area contributed by atoms with Crippen molar-refractivity contribution in [3.05, 3.63) is 11.6 Å². The Kier molecular flexibility index (Phi) is 7.03. The zero-order valence-corrected chi connectivity index (χ0v) is 16.4. The first-order valence-corrected chi connectivity index (χ1v) is 9.93. The van der Waals surface area contributed by atoms with Crippen LogP contribution >= 0.6 is 0 Å². The summed E-state index contributed by atoms with van der Waals surface area (Å²) >= 11 is 0. The van der Waals surface area contributed by atoms with Gasteiger partial charge in [0.05, 0.1) is 6.54 Å². The van der Waals surface area contributed by atoms with Crippen LogP contribution in [0.4, 0.5) is 0 Å². The summed E-state index contributed by atoms with van der Waals surface area (Å²) in [7, 11) is 1.66. The van der Waals surface area contributed by atoms with Crippen LogP contribution < -0.4 is 10.6 Å². The second-order valence-electron chi connectivity index (χ2n) is 7.04. The maximum absolute atomic E-state index is 11.7. The summed E-state index contributed by atoms with van der Waals surface area (Å²) in [6.07, 6.45) is 4.47. The highest BCUT2D eigenvalue weighted by atomic mass is 16.5. The van der Waals surface area contributed by atoms with Gasteiger partial charge in [0.25, 0.3) is 0 Å². The Morgan fingerprint density at radius 2 is 2.30 bits per heavy atom. The number of carbonyl (C=O) groups is 1. The molecule has 9 nitrogen and oxygen atoms in total. The van der Waals surface area contributed by atoms with Gasteiger partial charge in [0, 0.05) is 52.2 Å². The maximum atomic E-state index is 11.7. The van der Waals surface area contributed by atoms with Gasteiger partial charge in [-0.05, 0) is 26.2 Å². The predicted octanol–water partition coefficient (Wildman–Crippen LogP) is 0.307. The summed E-state index contributed by atoms with van der Waals surface area (Å²) in [6.45, 7) is 6.51. The van der Waals surface area contributed by atoms with Crippen molar-refractivity contribution in [2.24, 2.45) is 4.99 Å². The highest BCUT2D eigenvalue weighted by Gasteiger charge is 2.22. The van der Waals surface area contributed by atoms with Crippen LogP contribution in [0.15, 0.2) is 4.99 Å². The fraction of sp³-hybridized carbons (Fsp3) is 0.778. The number of guanidine groups is 1. The molecule has 0 aliphatic carbocycles. The molecule has 1 aromatic rings. The van der Waals surface area contributed by atoms with E-state index in [-0.39, 0.29) is 11.9 Å². The van der Waals surface area contributed by atoms with Crippen molar-refractivity contribution in [3.63, 3.8) is 0 Å². The van der Waals surface area contributed by atoms with Crippen LogP contribution in [-0.2, 0) is 29.1 Å². The number of nitrogens with one attached hydrogen (secondary N) is 2. The number of fused-ring (bicyclic) bond motifs is 1. The van der Waals surface area contributed by atoms with E-state index >= 15 is 0 Å². The smallest absolute Gasteiger partial charge is 0.222 e. The van der Waals surface area contributed by atoms with Crippen LogP contribution in [0, 0.1) is 0 Å². The van der Waals surface area contributed by atoms with Gasteiger partial charge in [-0.3, -0.25) is 9.79 Å². The number of hydrogen-bond acceptors (Lipinski definition) is 5. The second-order valence-corrected chi connectivity index (χ2v) is 7.04. The quantitative estimate of drug-likeness (QED) is 0.384. The van der Waals surface area contributed by atoms with E-state index < -0.39 is 0 Å². The lowest BCUT2D eigenvalue weighted by atomic mass is 10.1. The van der Waals surface area contributed by atoms with Gasteiger partial charge in [-0.1, -0.05) is 0 Å². The number of nitrogens with zero attached hydrogens (tertiary/aromatic N) is 5. The summed E-state index contributed by atoms with van der Waals surface area (Å²) in [5.41, 5.74) is 0. The molecule has 1 aromatic heterocycles. The van der Waals surface area contributed by atoms with Gasteiger partial charge in [0.15, 0.2) is 11.8 Å². The average Bonchev–Trinajstić information content (AvgIpc) is 3.24. The molecule has 1 unspecified atom stereocenters. The van der Waals surface area contributed by atoms with Crippen molar-refractivity contribution in [1.82, 2.24) is 30.3 Å². The number of aliphatic imine (C=N–C) groups is 1. The molecular formula is C18H31N7O2. The van der Waals surface area contributed by atoms with E-state index in [0.717, 1.165) is 69.5 Å². The molecule has 0 spiro atoms. The number of amides is 1. The van der Waals surface area contributed by atoms with Crippen LogP contribution in [0.3, 0.4) is 0 Å². The van der Waals surface area contributed by atoms with E-state index in [1.165, 1.54) is 0 Å². The molecule has 3 rings (SSSR count). The average molecular weight is 377 g/mol. The van der Waals surface area contributed by atoms with Crippen molar-refractivity contribution in [3.8, 4) is 0 Å². The molecule has 3 heterocycles. The third-order valence-corrected chi connectivity index (χ3v) is 4.89. The second kappa shape index (κ2) is 9.68. The van der Waals surface area contributed by atoms with Crippen molar-refractivity contribution in [1.29, 1.82) is 0 Å². The number of ether oxygens (including phenoxy) is 1. The van der Waals surface area contributed by atoms with Crippen molar-refractivity contribution >= 4 is 11.9 Å². The Morgan fingerprint density at radius 3 is 3.04 bits per heavy atom. The monoisotopic (exact) mass is 377 g/mol. The molecule has 0 aromatic carbocycles. The minimum atomic E-state index is 0.271. The molecule has 0 radical (unpaired) electrons. The van der Waals surface area contributed by atoms with Gasteiger partial charge >= 0.3 is 0 Å². The first-order valence-electron chi connectivity index (χ1n) is 9.93. The lowest BCUT2D eigenvalue weighted by Gasteiger charge is -2.25. The van der Waals surface area contributed by atoms with E-state index in [0.29, 0.717) is 19.6 Å². The summed E-state index contributed by atoms with van der Waals surface area (Å²) < 4.78 is 7.09. The van der Waals surface area contributed by atoms with E-state index in [9.17, 15) is 4.79 Å². The molecule has 1 amide bonds. The highest BCUT2D eigenvalue weighted by Crippen LogP contribution is 2.13. The lowest BCUT2D eigenvalue weighted by molar-refractivity contribution is -0.127. The molecule has 150 valence electrons. The molecule has 0 bridgehead atoms. The Balaban J connectivity index is 1.48. The van der Waals surface area contributed by atoms with Gasteiger partial charge in [-0.25, -0.2) is 9.67 Å². The number of likely N-dealkylation sites (tertiary alicyclic amines) is 1. The van der Waals surface area contributed by atoms with Crippen molar-refractivity contribution < 1.29 is 9.53 Å². The van der Waals surface area contributed by atoms with Crippen molar-refractivity contribution in [2.75, 3.05) is 33.3 Å². The third-order valence-electron chi connectivity index (χ3n) is 4.89. The van der Waals surface area contributed by atoms with Gasteiger partial charge in [0.1, 0.15) is 12.4 Å². The first-order chi connectivity index (χ1) is 13.2. The minimum Gasteiger partial charge on any atom is -0.377 e. The van der Waals surface area contributed by atoms with Crippen LogP contribution in [0.2, 0.25) is 0 Å². The van der Waals surface area contributed by atoms with Gasteiger partial charge in [-0.2, -0.15) is 5.10 Å². The van der Waals surface area contributed by atoms with Crippen LogP contribution in [0.25, 0.3) is 0 Å². The Morgan fingerprint density at radius 1 is 1.41 bits per heavy atom. The molecular weight excluding hydrogens is 346 g/mol. The molecule has 2 aliphatic heterocycles. The summed E-state index contributed by atoms with van der Waals surface area (Å²) in [5.74, 6) is 2.88. The highest BCUT2D eigenvalue weighted by molar-refractivity contribution is 5.80. The largest absolute Gasteiger partial charge is 0.377 e. The molecule has 1 atom stereocenters. The number of aromatic nitrogens is 3. The normalized spacial score (nSPS) is 20.1. The maximum Gasteiger partial charge on any atom is 0.222 e. The molecule has 1 saturated heterocycles. The van der Waals surface area contributed by atoms with Gasteiger partial charge < -0.3 is 20.3 Å². The number of methoxy groups -OCH3 is 1. The first kappa shape index (κ1) is 19.6. The number of carbonyl (C=O) groups excluding carboxylic acids is 1. The minimum absolute atomic E-state index is 0.271. The zero-order valence-electron chi connectivity index (χ0n) is 16.4. The predicted molar refractivity (Wildman–Crippen MR) is 102 cm³/mol. The van der Waals surface area contributed by atoms with E-state index in [1.807, 2.05) is 9.58 Å².